The molecule has 2 heterocycles. The third-order valence-electron chi connectivity index (χ3n) is 5.45. The van der Waals surface area contributed by atoms with Gasteiger partial charge in [0, 0.05) is 24.5 Å². The number of fused-ring (bicyclic) bond motifs is 2. The van der Waals surface area contributed by atoms with E-state index >= 15 is 0 Å². The minimum atomic E-state index is -0.388. The lowest BCUT2D eigenvalue weighted by molar-refractivity contribution is -0.138. The van der Waals surface area contributed by atoms with Crippen molar-refractivity contribution >= 4 is 11.8 Å². The van der Waals surface area contributed by atoms with Crippen molar-refractivity contribution in [1.29, 1.82) is 0 Å². The molecule has 3 rings (SSSR count). The average Bonchev–Trinajstić information content (AvgIpc) is 3.06. The SMILES string of the molecule is NC(=O)CN(C(=O)CC1CC2CCC(C1)N2)C1CCCC1. The van der Waals surface area contributed by atoms with Crippen LogP contribution in [0.25, 0.3) is 0 Å². The number of hydrogen-bond acceptors (Lipinski definition) is 3. The second-order valence-corrected chi connectivity index (χ2v) is 7.11. The van der Waals surface area contributed by atoms with Gasteiger partial charge in [-0.25, -0.2) is 0 Å². The quantitative estimate of drug-likeness (QED) is 0.799. The molecule has 1 aliphatic carbocycles. The van der Waals surface area contributed by atoms with Crippen LogP contribution < -0.4 is 11.1 Å². The van der Waals surface area contributed by atoms with E-state index in [1.54, 1.807) is 4.90 Å². The van der Waals surface area contributed by atoms with Gasteiger partial charge in [0.05, 0.1) is 6.54 Å². The monoisotopic (exact) mass is 293 g/mol. The fourth-order valence-corrected chi connectivity index (χ4v) is 4.51. The average molecular weight is 293 g/mol. The zero-order valence-electron chi connectivity index (χ0n) is 12.7. The van der Waals surface area contributed by atoms with Crippen LogP contribution in [0.4, 0.5) is 0 Å². The molecule has 0 aromatic carbocycles. The Labute approximate surface area is 126 Å². The van der Waals surface area contributed by atoms with Crippen LogP contribution in [0.2, 0.25) is 0 Å². The Morgan fingerprint density at radius 1 is 1.05 bits per heavy atom. The summed E-state index contributed by atoms with van der Waals surface area (Å²) in [5, 5.41) is 3.61. The van der Waals surface area contributed by atoms with Gasteiger partial charge in [-0.05, 0) is 44.4 Å². The molecule has 3 fully saturated rings. The highest BCUT2D eigenvalue weighted by Crippen LogP contribution is 2.33. The number of nitrogens with two attached hydrogens (primary N) is 1. The molecule has 2 unspecified atom stereocenters. The molecule has 3 N–H and O–H groups in total. The predicted octanol–water partition coefficient (Wildman–Crippen LogP) is 1.16. The van der Waals surface area contributed by atoms with E-state index in [4.69, 9.17) is 5.73 Å². The van der Waals surface area contributed by atoms with E-state index in [-0.39, 0.29) is 24.4 Å². The zero-order valence-corrected chi connectivity index (χ0v) is 12.7. The molecule has 0 aromatic heterocycles. The fourth-order valence-electron chi connectivity index (χ4n) is 4.51. The predicted molar refractivity (Wildman–Crippen MR) is 80.5 cm³/mol. The lowest BCUT2D eigenvalue weighted by atomic mass is 9.89. The number of nitrogens with one attached hydrogen (secondary N) is 1. The van der Waals surface area contributed by atoms with Crippen LogP contribution in [0, 0.1) is 5.92 Å². The maximum atomic E-state index is 12.7. The smallest absolute Gasteiger partial charge is 0.237 e. The molecule has 0 radical (unpaired) electrons. The summed E-state index contributed by atoms with van der Waals surface area (Å²) in [5.41, 5.74) is 5.34. The molecule has 118 valence electrons. The van der Waals surface area contributed by atoms with Gasteiger partial charge in [-0.3, -0.25) is 9.59 Å². The maximum Gasteiger partial charge on any atom is 0.237 e. The second kappa shape index (κ2) is 6.34. The summed E-state index contributed by atoms with van der Waals surface area (Å²) in [6.07, 6.45) is 9.68. The summed E-state index contributed by atoms with van der Waals surface area (Å²) in [6, 6.07) is 1.46. The Morgan fingerprint density at radius 2 is 1.67 bits per heavy atom. The van der Waals surface area contributed by atoms with E-state index < -0.39 is 0 Å². The molecule has 2 amide bonds. The number of nitrogens with zero attached hydrogens (tertiary/aromatic N) is 1. The molecule has 5 heteroatoms. The Bertz CT molecular complexity index is 394. The van der Waals surface area contributed by atoms with E-state index in [1.807, 2.05) is 0 Å². The number of piperidine rings is 1. The number of primary amides is 1. The van der Waals surface area contributed by atoms with Gasteiger partial charge in [-0.2, -0.15) is 0 Å². The van der Waals surface area contributed by atoms with E-state index in [0.717, 1.165) is 38.5 Å². The Balaban J connectivity index is 1.59. The molecule has 3 aliphatic rings. The zero-order chi connectivity index (χ0) is 14.8. The third kappa shape index (κ3) is 3.57. The summed E-state index contributed by atoms with van der Waals surface area (Å²) in [4.78, 5) is 25.7. The van der Waals surface area contributed by atoms with E-state index in [9.17, 15) is 9.59 Å². The summed E-state index contributed by atoms with van der Waals surface area (Å²) in [5.74, 6) is 0.237. The number of carbonyl (C=O) groups is 2. The summed E-state index contributed by atoms with van der Waals surface area (Å²) >= 11 is 0. The minimum absolute atomic E-state index is 0.0985. The molecule has 2 atom stereocenters. The largest absolute Gasteiger partial charge is 0.368 e. The van der Waals surface area contributed by atoms with Crippen LogP contribution >= 0.6 is 0 Å². The highest BCUT2D eigenvalue weighted by molar-refractivity contribution is 5.84. The summed E-state index contributed by atoms with van der Waals surface area (Å²) < 4.78 is 0. The van der Waals surface area contributed by atoms with Crippen molar-refractivity contribution in [1.82, 2.24) is 10.2 Å². The van der Waals surface area contributed by atoms with E-state index in [1.165, 1.54) is 12.8 Å². The molecule has 2 saturated heterocycles. The van der Waals surface area contributed by atoms with Gasteiger partial charge in [-0.15, -0.1) is 0 Å². The molecule has 5 nitrogen and oxygen atoms in total. The van der Waals surface area contributed by atoms with Crippen molar-refractivity contribution in [3.8, 4) is 0 Å². The van der Waals surface area contributed by atoms with E-state index in [0.29, 0.717) is 24.4 Å². The van der Waals surface area contributed by atoms with Crippen molar-refractivity contribution < 1.29 is 9.59 Å². The number of amides is 2. The molecule has 0 spiro atoms. The first-order valence-electron chi connectivity index (χ1n) is 8.45. The van der Waals surface area contributed by atoms with Crippen molar-refractivity contribution in [2.24, 2.45) is 11.7 Å². The highest BCUT2D eigenvalue weighted by Gasteiger charge is 2.36. The van der Waals surface area contributed by atoms with Gasteiger partial charge in [0.15, 0.2) is 0 Å². The Kier molecular flexibility index (Phi) is 4.48. The Hall–Kier alpha value is -1.10. The summed E-state index contributed by atoms with van der Waals surface area (Å²) in [6.45, 7) is 0.0985. The first-order chi connectivity index (χ1) is 10.1. The van der Waals surface area contributed by atoms with Crippen LogP contribution in [0.5, 0.6) is 0 Å². The van der Waals surface area contributed by atoms with E-state index in [2.05, 4.69) is 5.32 Å². The van der Waals surface area contributed by atoms with Gasteiger partial charge in [0.2, 0.25) is 11.8 Å². The summed E-state index contributed by atoms with van der Waals surface area (Å²) in [7, 11) is 0. The lowest BCUT2D eigenvalue weighted by Gasteiger charge is -2.32. The first kappa shape index (κ1) is 14.8. The van der Waals surface area contributed by atoms with Crippen LogP contribution in [-0.2, 0) is 9.59 Å². The fraction of sp³-hybridized carbons (Fsp3) is 0.875. The van der Waals surface area contributed by atoms with Crippen molar-refractivity contribution in [2.75, 3.05) is 6.54 Å². The van der Waals surface area contributed by atoms with Crippen molar-refractivity contribution in [2.45, 2.75) is 75.9 Å². The minimum Gasteiger partial charge on any atom is -0.368 e. The molecule has 2 aliphatic heterocycles. The van der Waals surface area contributed by atoms with Gasteiger partial charge in [0.25, 0.3) is 0 Å². The van der Waals surface area contributed by atoms with Crippen LogP contribution in [0.15, 0.2) is 0 Å². The molecule has 2 bridgehead atoms. The van der Waals surface area contributed by atoms with Crippen molar-refractivity contribution in [3.05, 3.63) is 0 Å². The van der Waals surface area contributed by atoms with Crippen LogP contribution in [-0.4, -0.2) is 41.4 Å². The van der Waals surface area contributed by atoms with Crippen molar-refractivity contribution in [3.63, 3.8) is 0 Å². The number of hydrogen-bond donors (Lipinski definition) is 2. The third-order valence-corrected chi connectivity index (χ3v) is 5.45. The second-order valence-electron chi connectivity index (χ2n) is 7.11. The highest BCUT2D eigenvalue weighted by atomic mass is 16.2. The Morgan fingerprint density at radius 3 is 2.24 bits per heavy atom. The maximum absolute atomic E-state index is 12.7. The van der Waals surface area contributed by atoms with Gasteiger partial charge in [-0.1, -0.05) is 12.8 Å². The van der Waals surface area contributed by atoms with Gasteiger partial charge in [0.1, 0.15) is 0 Å². The standard InChI is InChI=1S/C16H27N3O2/c17-15(20)10-19(14-3-1-2-4-14)16(21)9-11-7-12-5-6-13(8-11)18-12/h11-14,18H,1-10H2,(H2,17,20). The molecule has 0 aromatic rings. The first-order valence-corrected chi connectivity index (χ1v) is 8.45. The molecule has 21 heavy (non-hydrogen) atoms. The molecule has 1 saturated carbocycles. The molecular formula is C16H27N3O2. The van der Waals surface area contributed by atoms with Crippen LogP contribution in [0.1, 0.15) is 57.8 Å². The van der Waals surface area contributed by atoms with Gasteiger partial charge < -0.3 is 16.0 Å². The number of carbonyl (C=O) groups excluding carboxylic acids is 2. The van der Waals surface area contributed by atoms with Gasteiger partial charge >= 0.3 is 0 Å². The van der Waals surface area contributed by atoms with Crippen LogP contribution in [0.3, 0.4) is 0 Å². The topological polar surface area (TPSA) is 75.4 Å². The lowest BCUT2D eigenvalue weighted by Crippen LogP contribution is -2.46. The normalized spacial score (nSPS) is 32.3. The number of rotatable bonds is 5. The molecular weight excluding hydrogens is 266 g/mol.